The van der Waals surface area contributed by atoms with Gasteiger partial charge in [0.15, 0.2) is 0 Å². The van der Waals surface area contributed by atoms with Crippen LogP contribution < -0.4 is 10.2 Å². The van der Waals surface area contributed by atoms with Gasteiger partial charge in [0.25, 0.3) is 11.8 Å². The van der Waals surface area contributed by atoms with E-state index >= 15 is 0 Å². The van der Waals surface area contributed by atoms with Crippen molar-refractivity contribution in [3.8, 4) is 0 Å². The number of hydrogen-bond donors (Lipinski definition) is 1. The summed E-state index contributed by atoms with van der Waals surface area (Å²) in [6, 6.07) is 14.4. The largest absolute Gasteiger partial charge is 0.468 e. The number of barbiturate groups is 1. The molecule has 5 aliphatic rings. The molecule has 0 unspecified atom stereocenters. The first kappa shape index (κ1) is 24.8. The van der Waals surface area contributed by atoms with Crippen molar-refractivity contribution in [2.45, 2.75) is 50.5 Å². The van der Waals surface area contributed by atoms with Crippen LogP contribution in [0, 0.1) is 17.8 Å². The molecule has 4 bridgehead atoms. The van der Waals surface area contributed by atoms with E-state index in [0.29, 0.717) is 11.3 Å². The van der Waals surface area contributed by atoms with Crippen molar-refractivity contribution in [2.75, 3.05) is 12.0 Å². The van der Waals surface area contributed by atoms with E-state index in [-0.39, 0.29) is 17.5 Å². The van der Waals surface area contributed by atoms with Gasteiger partial charge in [0.05, 0.1) is 12.8 Å². The lowest BCUT2D eigenvalue weighted by Gasteiger charge is -2.57. The number of ether oxygens (including phenoxy) is 1. The number of amides is 4. The number of urea groups is 1. The van der Waals surface area contributed by atoms with Crippen LogP contribution in [0.4, 0.5) is 10.5 Å². The molecule has 0 radical (unpaired) electrons. The van der Waals surface area contributed by atoms with Crippen molar-refractivity contribution >= 4 is 46.5 Å². The molecular weight excluding hydrogens is 506 g/mol. The topological polar surface area (TPSA) is 97.7 Å². The number of nitrogens with one attached hydrogen (secondary N) is 1. The van der Waals surface area contributed by atoms with Crippen LogP contribution in [0.2, 0.25) is 0 Å². The summed E-state index contributed by atoms with van der Waals surface area (Å²) < 4.78 is 6.52. The van der Waals surface area contributed by atoms with Crippen molar-refractivity contribution in [1.29, 1.82) is 0 Å². The average molecular weight is 538 g/mol. The maximum Gasteiger partial charge on any atom is 0.335 e. The number of fused-ring (bicyclic) bond motifs is 1. The van der Waals surface area contributed by atoms with E-state index in [0.717, 1.165) is 33.6 Å². The predicted octanol–water partition coefficient (Wildman–Crippen LogP) is 4.95. The normalized spacial score (nSPS) is 28.4. The fourth-order valence-electron chi connectivity index (χ4n) is 8.20. The zero-order chi connectivity index (χ0) is 27.6. The summed E-state index contributed by atoms with van der Waals surface area (Å²) in [5.74, 6) is 0.607. The maximum absolute atomic E-state index is 13.6. The minimum absolute atomic E-state index is 0.0129. The molecule has 4 saturated carbocycles. The Morgan fingerprint density at radius 2 is 1.62 bits per heavy atom. The van der Waals surface area contributed by atoms with Crippen molar-refractivity contribution in [3.05, 3.63) is 71.4 Å². The summed E-state index contributed by atoms with van der Waals surface area (Å²) in [5, 5.41) is 3.09. The van der Waals surface area contributed by atoms with Gasteiger partial charge in [-0.25, -0.2) is 9.69 Å². The summed E-state index contributed by atoms with van der Waals surface area (Å²) in [5.41, 5.74) is 3.14. The van der Waals surface area contributed by atoms with E-state index in [1.165, 1.54) is 57.3 Å². The molecule has 4 aliphatic carbocycles. The number of methoxy groups -OCH3 is 1. The molecule has 8 rings (SSSR count). The van der Waals surface area contributed by atoms with Crippen molar-refractivity contribution < 1.29 is 23.9 Å². The minimum Gasteiger partial charge on any atom is -0.468 e. The first-order valence-electron chi connectivity index (χ1n) is 14.0. The molecule has 1 aliphatic heterocycles. The molecule has 40 heavy (non-hydrogen) atoms. The number of para-hydroxylation sites is 1. The molecule has 204 valence electrons. The van der Waals surface area contributed by atoms with E-state index in [4.69, 9.17) is 4.74 Å². The monoisotopic (exact) mass is 537 g/mol. The highest BCUT2D eigenvalue weighted by atomic mass is 16.5. The highest BCUT2D eigenvalue weighted by Crippen LogP contribution is 2.60. The fraction of sp³-hybridized carbons (Fsp3) is 0.375. The molecule has 1 aromatic heterocycles. The minimum atomic E-state index is -0.761. The Balaban J connectivity index is 1.20. The highest BCUT2D eigenvalue weighted by Gasteiger charge is 2.51. The lowest BCUT2D eigenvalue weighted by Crippen LogP contribution is -2.54. The van der Waals surface area contributed by atoms with Crippen LogP contribution in [0.3, 0.4) is 0 Å². The molecule has 1 N–H and O–H groups in total. The number of imide groups is 2. The SMILES string of the molecule is COC(=O)Cn1cc(/C=C2\C(=O)NC(=O)N(c3ccc(C45CC6CC(CC(C6)C4)C5)cc3)C2=O)c2ccccc21. The van der Waals surface area contributed by atoms with E-state index in [1.807, 2.05) is 36.4 Å². The standard InChI is InChI=1S/C32H31N3O5/c1-40-28(36)18-34-17-22(25-4-2-3-5-27(25)34)13-26-29(37)33-31(39)35(30(26)38)24-8-6-23(7-9-24)32-14-19-10-20(15-32)12-21(11-19)16-32/h2-9,13,17,19-21H,10-12,14-16,18H2,1H3,(H,33,37,39)/b26-13+. The quantitative estimate of drug-likeness (QED) is 0.282. The number of benzene rings is 2. The lowest BCUT2D eigenvalue weighted by atomic mass is 9.48. The zero-order valence-corrected chi connectivity index (χ0v) is 22.4. The second-order valence-electron chi connectivity index (χ2n) is 12.0. The van der Waals surface area contributed by atoms with Crippen LogP contribution in [0.15, 0.2) is 60.3 Å². The van der Waals surface area contributed by atoms with E-state index in [9.17, 15) is 19.2 Å². The number of hydrogen-bond acceptors (Lipinski definition) is 5. The third kappa shape index (κ3) is 3.96. The van der Waals surface area contributed by atoms with Gasteiger partial charge in [0.1, 0.15) is 12.1 Å². The molecule has 0 atom stereocenters. The third-order valence-corrected chi connectivity index (χ3v) is 9.52. The van der Waals surface area contributed by atoms with Gasteiger partial charge >= 0.3 is 12.0 Å². The summed E-state index contributed by atoms with van der Waals surface area (Å²) >= 11 is 0. The lowest BCUT2D eigenvalue weighted by molar-refractivity contribution is -0.141. The van der Waals surface area contributed by atoms with E-state index in [1.54, 1.807) is 10.8 Å². The summed E-state index contributed by atoms with van der Waals surface area (Å²) in [4.78, 5) is 52.3. The molecule has 2 aromatic carbocycles. The molecule has 8 nitrogen and oxygen atoms in total. The molecule has 1 saturated heterocycles. The molecule has 4 amide bonds. The Bertz CT molecular complexity index is 1560. The van der Waals surface area contributed by atoms with Crippen LogP contribution in [-0.2, 0) is 31.1 Å². The van der Waals surface area contributed by atoms with Gasteiger partial charge < -0.3 is 9.30 Å². The van der Waals surface area contributed by atoms with Crippen LogP contribution in [0.25, 0.3) is 17.0 Å². The molecule has 0 spiro atoms. The fourth-order valence-corrected chi connectivity index (χ4v) is 8.20. The van der Waals surface area contributed by atoms with Gasteiger partial charge in [0.2, 0.25) is 0 Å². The molecular formula is C32H31N3O5. The van der Waals surface area contributed by atoms with Crippen LogP contribution in [0.1, 0.15) is 49.7 Å². The van der Waals surface area contributed by atoms with Crippen LogP contribution in [0.5, 0.6) is 0 Å². The Kier molecular flexibility index (Phi) is 5.70. The van der Waals surface area contributed by atoms with Crippen molar-refractivity contribution in [2.24, 2.45) is 17.8 Å². The van der Waals surface area contributed by atoms with Gasteiger partial charge in [-0.1, -0.05) is 30.3 Å². The molecule has 8 heteroatoms. The van der Waals surface area contributed by atoms with Gasteiger partial charge in [-0.3, -0.25) is 19.7 Å². The second-order valence-corrected chi connectivity index (χ2v) is 12.0. The number of esters is 1. The smallest absolute Gasteiger partial charge is 0.335 e. The van der Waals surface area contributed by atoms with Crippen LogP contribution in [-0.4, -0.2) is 35.5 Å². The molecule has 2 heterocycles. The maximum atomic E-state index is 13.6. The average Bonchev–Trinajstić information content (AvgIpc) is 3.27. The number of aromatic nitrogens is 1. The van der Waals surface area contributed by atoms with Crippen molar-refractivity contribution in [3.63, 3.8) is 0 Å². The number of anilines is 1. The highest BCUT2D eigenvalue weighted by molar-refractivity contribution is 6.39. The summed E-state index contributed by atoms with van der Waals surface area (Å²) in [6.45, 7) is -0.0129. The first-order chi connectivity index (χ1) is 19.3. The molecule has 3 aromatic rings. The van der Waals surface area contributed by atoms with Crippen molar-refractivity contribution in [1.82, 2.24) is 9.88 Å². The van der Waals surface area contributed by atoms with Crippen LogP contribution >= 0.6 is 0 Å². The Morgan fingerprint density at radius 1 is 0.975 bits per heavy atom. The third-order valence-electron chi connectivity index (χ3n) is 9.52. The first-order valence-corrected chi connectivity index (χ1v) is 14.0. The summed E-state index contributed by atoms with van der Waals surface area (Å²) in [7, 11) is 1.32. The number of rotatable bonds is 5. The van der Waals surface area contributed by atoms with Gasteiger partial charge in [-0.15, -0.1) is 0 Å². The van der Waals surface area contributed by atoms with Gasteiger partial charge in [-0.2, -0.15) is 0 Å². The van der Waals surface area contributed by atoms with Gasteiger partial charge in [0, 0.05) is 22.7 Å². The summed E-state index contributed by atoms with van der Waals surface area (Å²) in [6.07, 6.45) is 11.0. The predicted molar refractivity (Wildman–Crippen MR) is 149 cm³/mol. The number of nitrogens with zero attached hydrogens (tertiary/aromatic N) is 2. The van der Waals surface area contributed by atoms with Gasteiger partial charge in [-0.05, 0) is 91.5 Å². The zero-order valence-electron chi connectivity index (χ0n) is 22.4. The second kappa shape index (κ2) is 9.18. The number of carbonyl (C=O) groups is 4. The molecule has 5 fully saturated rings. The van der Waals surface area contributed by atoms with E-state index < -0.39 is 23.8 Å². The Morgan fingerprint density at radius 3 is 2.27 bits per heavy atom. The Labute approximate surface area is 232 Å². The number of carbonyl (C=O) groups excluding carboxylic acids is 4. The van der Waals surface area contributed by atoms with E-state index in [2.05, 4.69) is 17.4 Å². The Hall–Kier alpha value is -4.20.